The topological polar surface area (TPSA) is 43.8 Å². The fourth-order valence-electron chi connectivity index (χ4n) is 4.72. The monoisotopic (exact) mass is 368 g/mol. The van der Waals surface area contributed by atoms with Crippen LogP contribution in [0.4, 0.5) is 13.2 Å². The van der Waals surface area contributed by atoms with Crippen LogP contribution in [0.5, 0.6) is 0 Å². The van der Waals surface area contributed by atoms with E-state index in [0.29, 0.717) is 13.1 Å². The summed E-state index contributed by atoms with van der Waals surface area (Å²) in [5, 5.41) is 9.91. The smallest absolute Gasteiger partial charge is 0.390 e. The van der Waals surface area contributed by atoms with Crippen LogP contribution in [-0.4, -0.2) is 64.8 Å². The van der Waals surface area contributed by atoms with E-state index in [0.717, 1.165) is 18.4 Å². The van der Waals surface area contributed by atoms with Crippen LogP contribution in [0.15, 0.2) is 30.3 Å². The molecular formula is C19H23F3N2O2. The second kappa shape index (κ2) is 6.23. The lowest BCUT2D eigenvalue weighted by Gasteiger charge is -2.71. The number of carbonyl (C=O) groups excluding carboxylic acids is 1. The summed E-state index contributed by atoms with van der Waals surface area (Å²) < 4.78 is 37.6. The van der Waals surface area contributed by atoms with Crippen molar-refractivity contribution in [3.8, 4) is 0 Å². The van der Waals surface area contributed by atoms with Gasteiger partial charge in [-0.15, -0.1) is 0 Å². The van der Waals surface area contributed by atoms with Crippen molar-refractivity contribution in [2.45, 2.75) is 42.9 Å². The summed E-state index contributed by atoms with van der Waals surface area (Å²) in [6.45, 7) is 0.722. The second-order valence-corrected chi connectivity index (χ2v) is 7.80. The number of hydrogen-bond donors (Lipinski definition) is 1. The van der Waals surface area contributed by atoms with Crippen molar-refractivity contribution in [2.24, 2.45) is 5.92 Å². The Bertz CT molecular complexity index is 669. The predicted octanol–water partition coefficient (Wildman–Crippen LogP) is 2.39. The van der Waals surface area contributed by atoms with Crippen LogP contribution >= 0.6 is 0 Å². The van der Waals surface area contributed by atoms with Crippen LogP contribution in [-0.2, 0) is 4.79 Å². The molecule has 2 saturated heterocycles. The molecule has 0 unspecified atom stereocenters. The largest absolute Gasteiger partial charge is 0.394 e. The normalized spacial score (nSPS) is 27.9. The first-order valence-corrected chi connectivity index (χ1v) is 9.14. The number of rotatable bonds is 5. The molecular weight excluding hydrogens is 345 g/mol. The van der Waals surface area contributed by atoms with Gasteiger partial charge in [-0.25, -0.2) is 0 Å². The lowest BCUT2D eigenvalue weighted by atomic mass is 9.60. The van der Waals surface area contributed by atoms with Crippen LogP contribution in [0.3, 0.4) is 0 Å². The lowest BCUT2D eigenvalue weighted by molar-refractivity contribution is -0.206. The average Bonchev–Trinajstić information content (AvgIpc) is 3.37. The van der Waals surface area contributed by atoms with E-state index in [-0.39, 0.29) is 36.9 Å². The van der Waals surface area contributed by atoms with Gasteiger partial charge in [-0.2, -0.15) is 13.2 Å². The Kier molecular flexibility index (Phi) is 4.27. The van der Waals surface area contributed by atoms with E-state index in [1.807, 2.05) is 30.3 Å². The highest BCUT2D eigenvalue weighted by molar-refractivity contribution is 5.84. The number of alkyl halides is 3. The molecule has 7 heteroatoms. The zero-order chi connectivity index (χ0) is 18.5. The van der Waals surface area contributed by atoms with E-state index < -0.39 is 18.1 Å². The molecule has 1 aliphatic carbocycles. The molecule has 2 aliphatic heterocycles. The van der Waals surface area contributed by atoms with E-state index in [4.69, 9.17) is 0 Å². The average molecular weight is 368 g/mol. The number of aliphatic hydroxyl groups is 1. The first-order chi connectivity index (χ1) is 12.4. The molecule has 1 aromatic rings. The number of likely N-dealkylation sites (tertiary alicyclic amines) is 2. The van der Waals surface area contributed by atoms with Gasteiger partial charge in [-0.3, -0.25) is 9.69 Å². The van der Waals surface area contributed by atoms with Gasteiger partial charge in [0.2, 0.25) is 5.91 Å². The van der Waals surface area contributed by atoms with Crippen LogP contribution in [0, 0.1) is 5.92 Å². The molecule has 0 radical (unpaired) electrons. The van der Waals surface area contributed by atoms with Crippen molar-refractivity contribution in [2.75, 3.05) is 26.2 Å². The Morgan fingerprint density at radius 1 is 1.19 bits per heavy atom. The van der Waals surface area contributed by atoms with Crippen molar-refractivity contribution >= 4 is 5.91 Å². The Hall–Kier alpha value is -1.60. The standard InChI is InChI=1S/C19H23F3N2O2/c20-19(21,22)8-9-23-11-18(12-23)16(13-4-2-1-3-5-13)15(10-25)24(18)17(26)14-6-7-14/h1-5,14-16,25H,6-12H2/t15-,16-/m1/s1. The molecule has 1 amide bonds. The Morgan fingerprint density at radius 3 is 2.38 bits per heavy atom. The Morgan fingerprint density at radius 2 is 1.85 bits per heavy atom. The molecule has 142 valence electrons. The fourth-order valence-corrected chi connectivity index (χ4v) is 4.72. The SMILES string of the molecule is O=C(C1CC1)N1[C@H](CO)[C@@H](c2ccccc2)C12CN(CCC(F)(F)F)C2. The highest BCUT2D eigenvalue weighted by atomic mass is 19.4. The number of benzene rings is 1. The predicted molar refractivity (Wildman–Crippen MR) is 89.5 cm³/mol. The van der Waals surface area contributed by atoms with Gasteiger partial charge in [0.15, 0.2) is 0 Å². The quantitative estimate of drug-likeness (QED) is 0.868. The molecule has 4 rings (SSSR count). The minimum absolute atomic E-state index is 0.0291. The molecule has 2 atom stereocenters. The van der Waals surface area contributed by atoms with E-state index in [9.17, 15) is 23.1 Å². The molecule has 1 N–H and O–H groups in total. The highest BCUT2D eigenvalue weighted by Crippen LogP contribution is 2.55. The maximum absolute atomic E-state index is 12.8. The van der Waals surface area contributed by atoms with Crippen molar-refractivity contribution in [3.05, 3.63) is 35.9 Å². The number of nitrogens with zero attached hydrogens (tertiary/aromatic N) is 2. The van der Waals surface area contributed by atoms with E-state index in [1.165, 1.54) is 0 Å². The minimum Gasteiger partial charge on any atom is -0.394 e. The van der Waals surface area contributed by atoms with E-state index in [1.54, 1.807) is 9.80 Å². The molecule has 3 fully saturated rings. The van der Waals surface area contributed by atoms with Gasteiger partial charge >= 0.3 is 6.18 Å². The van der Waals surface area contributed by atoms with Crippen LogP contribution < -0.4 is 0 Å². The number of amides is 1. The van der Waals surface area contributed by atoms with Gasteiger partial charge in [0.25, 0.3) is 0 Å². The van der Waals surface area contributed by atoms with E-state index >= 15 is 0 Å². The van der Waals surface area contributed by atoms with Crippen molar-refractivity contribution < 1.29 is 23.1 Å². The van der Waals surface area contributed by atoms with Crippen LogP contribution in [0.1, 0.15) is 30.7 Å². The maximum atomic E-state index is 12.8. The molecule has 1 spiro atoms. The van der Waals surface area contributed by atoms with Crippen molar-refractivity contribution in [1.82, 2.24) is 9.80 Å². The van der Waals surface area contributed by atoms with Crippen molar-refractivity contribution in [3.63, 3.8) is 0 Å². The molecule has 1 aromatic carbocycles. The first-order valence-electron chi connectivity index (χ1n) is 9.14. The lowest BCUT2D eigenvalue weighted by Crippen LogP contribution is -2.85. The first kappa shape index (κ1) is 17.8. The Balaban J connectivity index is 1.55. The molecule has 2 heterocycles. The molecule has 0 bridgehead atoms. The van der Waals surface area contributed by atoms with Crippen molar-refractivity contribution in [1.29, 1.82) is 0 Å². The van der Waals surface area contributed by atoms with Gasteiger partial charge in [-0.05, 0) is 18.4 Å². The number of hydrogen-bond acceptors (Lipinski definition) is 3. The summed E-state index contributed by atoms with van der Waals surface area (Å²) in [6, 6.07) is 9.42. The van der Waals surface area contributed by atoms with Gasteiger partial charge in [0.1, 0.15) is 0 Å². The molecule has 0 aromatic heterocycles. The summed E-state index contributed by atoms with van der Waals surface area (Å²) in [5.41, 5.74) is 0.571. The third-order valence-corrected chi connectivity index (χ3v) is 5.99. The van der Waals surface area contributed by atoms with E-state index in [2.05, 4.69) is 0 Å². The third-order valence-electron chi connectivity index (χ3n) is 5.99. The zero-order valence-electron chi connectivity index (χ0n) is 14.5. The minimum atomic E-state index is -4.17. The number of halogens is 3. The van der Waals surface area contributed by atoms with Gasteiger partial charge in [0.05, 0.1) is 24.6 Å². The highest BCUT2D eigenvalue weighted by Gasteiger charge is 2.68. The Labute approximate surface area is 150 Å². The molecule has 26 heavy (non-hydrogen) atoms. The third kappa shape index (κ3) is 2.91. The molecule has 1 saturated carbocycles. The van der Waals surface area contributed by atoms with Gasteiger partial charge < -0.3 is 10.0 Å². The number of aliphatic hydroxyl groups excluding tert-OH is 1. The summed E-state index contributed by atoms with van der Waals surface area (Å²) in [7, 11) is 0. The summed E-state index contributed by atoms with van der Waals surface area (Å²) in [5.74, 6) is 0.0621. The van der Waals surface area contributed by atoms with Gasteiger partial charge in [-0.1, -0.05) is 30.3 Å². The second-order valence-electron chi connectivity index (χ2n) is 7.80. The zero-order valence-corrected chi connectivity index (χ0v) is 14.5. The van der Waals surface area contributed by atoms with Crippen LogP contribution in [0.2, 0.25) is 0 Å². The fraction of sp³-hybridized carbons (Fsp3) is 0.632. The molecule has 4 nitrogen and oxygen atoms in total. The summed E-state index contributed by atoms with van der Waals surface area (Å²) >= 11 is 0. The summed E-state index contributed by atoms with van der Waals surface area (Å²) in [6.07, 6.45) is -3.26. The maximum Gasteiger partial charge on any atom is 0.390 e. The van der Waals surface area contributed by atoms with Gasteiger partial charge in [0, 0.05) is 31.5 Å². The van der Waals surface area contributed by atoms with Crippen LogP contribution in [0.25, 0.3) is 0 Å². The number of carbonyl (C=O) groups is 1. The summed E-state index contributed by atoms with van der Waals surface area (Å²) in [4.78, 5) is 16.3. The molecule has 3 aliphatic rings.